The summed E-state index contributed by atoms with van der Waals surface area (Å²) >= 11 is 0. The van der Waals surface area contributed by atoms with Gasteiger partial charge in [-0.2, -0.15) is 0 Å². The number of carbonyl (C=O) groups excluding carboxylic acids is 2. The lowest BCUT2D eigenvalue weighted by Gasteiger charge is -2.02. The molecule has 1 aromatic heterocycles. The first-order valence-electron chi connectivity index (χ1n) is 3.96. The van der Waals surface area contributed by atoms with Crippen LogP contribution in [0.15, 0.2) is 12.5 Å². The molecule has 1 unspecified atom stereocenters. The van der Waals surface area contributed by atoms with Gasteiger partial charge in [0, 0.05) is 18.3 Å². The summed E-state index contributed by atoms with van der Waals surface area (Å²) in [6, 6.07) is -0.851. The molecule has 15 heavy (non-hydrogen) atoms. The lowest BCUT2D eigenvalue weighted by molar-refractivity contribution is -0.138. The highest BCUT2D eigenvalue weighted by molar-refractivity contribution is 6.09. The van der Waals surface area contributed by atoms with Crippen LogP contribution < -0.4 is 5.73 Å². The highest BCUT2D eigenvalue weighted by Crippen LogP contribution is 1.95. The van der Waals surface area contributed by atoms with Gasteiger partial charge in [0.25, 0.3) is 0 Å². The summed E-state index contributed by atoms with van der Waals surface area (Å²) in [5, 5.41) is 8.42. The van der Waals surface area contributed by atoms with Crippen molar-refractivity contribution in [1.82, 2.24) is 9.97 Å². The molecule has 0 fully saturated rings. The molecule has 1 atom stereocenters. The van der Waals surface area contributed by atoms with Crippen molar-refractivity contribution < 1.29 is 19.5 Å². The van der Waals surface area contributed by atoms with Crippen LogP contribution in [0.3, 0.4) is 0 Å². The van der Waals surface area contributed by atoms with Crippen LogP contribution in [0.2, 0.25) is 0 Å². The molecule has 0 aliphatic carbocycles. The van der Waals surface area contributed by atoms with Crippen LogP contribution in [0.1, 0.15) is 5.69 Å². The minimum absolute atomic E-state index is 0.194. The number of nitrogens with zero attached hydrogens (tertiary/aromatic N) is 1. The van der Waals surface area contributed by atoms with Gasteiger partial charge in [-0.1, -0.05) is 0 Å². The molecule has 7 heteroatoms. The van der Waals surface area contributed by atoms with E-state index in [1.807, 2.05) is 0 Å². The first kappa shape index (κ1) is 13.0. The smallest absolute Gasteiger partial charge is 0.320 e. The molecule has 1 aromatic rings. The Labute approximate surface area is 85.3 Å². The Kier molecular flexibility index (Phi) is 6.39. The van der Waals surface area contributed by atoms with Gasteiger partial charge in [0.1, 0.15) is 6.04 Å². The lowest BCUT2D eigenvalue weighted by Crippen LogP contribution is -2.32. The van der Waals surface area contributed by atoms with Crippen LogP contribution in [0.5, 0.6) is 0 Å². The standard InChI is InChI=1S/C6H9N3O2.C2H2O2/c7-5(6(10)11)1-4-2-8-3-9-4;3-1-2-4/h2-3,5H,1,7H2,(H,8,9)(H,10,11);1-2H. The molecule has 82 valence electrons. The monoisotopic (exact) mass is 213 g/mol. The number of H-pyrrole nitrogens is 1. The van der Waals surface area contributed by atoms with E-state index in [0.29, 0.717) is 0 Å². The van der Waals surface area contributed by atoms with Crippen molar-refractivity contribution in [3.05, 3.63) is 18.2 Å². The Bertz CT molecular complexity index is 304. The van der Waals surface area contributed by atoms with Crippen molar-refractivity contribution in [2.24, 2.45) is 5.73 Å². The maximum absolute atomic E-state index is 10.3. The van der Waals surface area contributed by atoms with Gasteiger partial charge in [0.2, 0.25) is 0 Å². The number of aromatic amines is 1. The SMILES string of the molecule is NC(Cc1cnc[nH]1)C(=O)O.O=CC=O. The highest BCUT2D eigenvalue weighted by atomic mass is 16.4. The fraction of sp³-hybridized carbons (Fsp3) is 0.250. The predicted molar refractivity (Wildman–Crippen MR) is 50.0 cm³/mol. The minimum Gasteiger partial charge on any atom is -0.480 e. The first-order valence-corrected chi connectivity index (χ1v) is 3.96. The van der Waals surface area contributed by atoms with Gasteiger partial charge in [0.15, 0.2) is 12.6 Å². The topological polar surface area (TPSA) is 126 Å². The summed E-state index contributed by atoms with van der Waals surface area (Å²) in [5.74, 6) is -1.00. The van der Waals surface area contributed by atoms with Gasteiger partial charge >= 0.3 is 5.97 Å². The Balaban J connectivity index is 0.000000423. The van der Waals surface area contributed by atoms with Crippen molar-refractivity contribution in [3.63, 3.8) is 0 Å². The van der Waals surface area contributed by atoms with Crippen molar-refractivity contribution in [3.8, 4) is 0 Å². The maximum Gasteiger partial charge on any atom is 0.320 e. The molecule has 0 saturated heterocycles. The normalized spacial score (nSPS) is 10.7. The van der Waals surface area contributed by atoms with Crippen LogP contribution in [-0.4, -0.2) is 39.7 Å². The number of aldehydes is 2. The average Bonchev–Trinajstić information content (AvgIpc) is 2.70. The number of carboxylic acid groups (broad SMARTS) is 1. The van der Waals surface area contributed by atoms with E-state index in [1.165, 1.54) is 6.33 Å². The molecule has 0 amide bonds. The van der Waals surface area contributed by atoms with E-state index in [1.54, 1.807) is 6.20 Å². The number of carbonyl (C=O) groups is 3. The van der Waals surface area contributed by atoms with E-state index in [2.05, 4.69) is 9.97 Å². The predicted octanol–water partition coefficient (Wildman–Crippen LogP) is -1.25. The van der Waals surface area contributed by atoms with Gasteiger partial charge < -0.3 is 15.8 Å². The average molecular weight is 213 g/mol. The van der Waals surface area contributed by atoms with Crippen LogP contribution in [0, 0.1) is 0 Å². The van der Waals surface area contributed by atoms with E-state index in [-0.39, 0.29) is 19.0 Å². The maximum atomic E-state index is 10.3. The molecule has 0 aliphatic rings. The molecule has 1 rings (SSSR count). The van der Waals surface area contributed by atoms with Gasteiger partial charge in [0.05, 0.1) is 6.33 Å². The van der Waals surface area contributed by atoms with Gasteiger partial charge in [-0.05, 0) is 0 Å². The molecule has 1 heterocycles. The molecule has 0 saturated carbocycles. The van der Waals surface area contributed by atoms with E-state index >= 15 is 0 Å². The lowest BCUT2D eigenvalue weighted by atomic mass is 10.2. The third kappa shape index (κ3) is 6.11. The Hall–Kier alpha value is -2.02. The van der Waals surface area contributed by atoms with Gasteiger partial charge in [-0.3, -0.25) is 14.4 Å². The van der Waals surface area contributed by atoms with E-state index in [4.69, 9.17) is 20.4 Å². The van der Waals surface area contributed by atoms with E-state index in [0.717, 1.165) is 5.69 Å². The molecule has 0 spiro atoms. The Morgan fingerprint density at radius 3 is 2.53 bits per heavy atom. The summed E-state index contributed by atoms with van der Waals surface area (Å²) in [6.45, 7) is 0. The fourth-order valence-electron chi connectivity index (χ4n) is 0.721. The summed E-state index contributed by atoms with van der Waals surface area (Å²) in [6.07, 6.45) is 3.72. The molecule has 0 bridgehead atoms. The van der Waals surface area contributed by atoms with Crippen molar-refractivity contribution >= 4 is 18.5 Å². The minimum atomic E-state index is -1.00. The third-order valence-electron chi connectivity index (χ3n) is 1.37. The zero-order valence-corrected chi connectivity index (χ0v) is 7.79. The third-order valence-corrected chi connectivity index (χ3v) is 1.37. The van der Waals surface area contributed by atoms with Crippen molar-refractivity contribution in [2.75, 3.05) is 0 Å². The zero-order valence-electron chi connectivity index (χ0n) is 7.79. The summed E-state index contributed by atoms with van der Waals surface area (Å²) < 4.78 is 0. The largest absolute Gasteiger partial charge is 0.480 e. The second kappa shape index (κ2) is 7.39. The molecule has 7 nitrogen and oxygen atoms in total. The Morgan fingerprint density at radius 2 is 2.20 bits per heavy atom. The summed E-state index contributed by atoms with van der Waals surface area (Å²) in [4.78, 5) is 34.4. The van der Waals surface area contributed by atoms with Crippen LogP contribution in [-0.2, 0) is 20.8 Å². The molecule has 4 N–H and O–H groups in total. The van der Waals surface area contributed by atoms with Crippen molar-refractivity contribution in [1.29, 1.82) is 0 Å². The van der Waals surface area contributed by atoms with Crippen LogP contribution >= 0.6 is 0 Å². The summed E-state index contributed by atoms with van der Waals surface area (Å²) in [5.41, 5.74) is 6.00. The number of nitrogens with two attached hydrogens (primary N) is 1. The van der Waals surface area contributed by atoms with Crippen molar-refractivity contribution in [2.45, 2.75) is 12.5 Å². The molecule has 0 radical (unpaired) electrons. The number of aliphatic carboxylic acids is 1. The molecular weight excluding hydrogens is 202 g/mol. The number of rotatable bonds is 4. The van der Waals surface area contributed by atoms with Gasteiger partial charge in [-0.15, -0.1) is 0 Å². The van der Waals surface area contributed by atoms with E-state index < -0.39 is 12.0 Å². The van der Waals surface area contributed by atoms with Crippen LogP contribution in [0.25, 0.3) is 0 Å². The second-order valence-corrected chi connectivity index (χ2v) is 2.50. The zero-order chi connectivity index (χ0) is 11.7. The highest BCUT2D eigenvalue weighted by Gasteiger charge is 2.11. The number of hydrogen-bond acceptors (Lipinski definition) is 5. The molecule has 0 aliphatic heterocycles. The number of nitrogens with one attached hydrogen (secondary N) is 1. The molecular formula is C8H11N3O4. The number of aromatic nitrogens is 2. The van der Waals surface area contributed by atoms with Gasteiger partial charge in [-0.25, -0.2) is 4.98 Å². The summed E-state index contributed by atoms with van der Waals surface area (Å²) in [7, 11) is 0. The second-order valence-electron chi connectivity index (χ2n) is 2.50. The van der Waals surface area contributed by atoms with E-state index in [9.17, 15) is 4.79 Å². The first-order chi connectivity index (χ1) is 7.11. The quantitative estimate of drug-likeness (QED) is 0.423. The Morgan fingerprint density at radius 1 is 1.60 bits per heavy atom. The number of carboxylic acids is 1. The number of imidazole rings is 1. The number of hydrogen-bond donors (Lipinski definition) is 3. The fourth-order valence-corrected chi connectivity index (χ4v) is 0.721. The van der Waals surface area contributed by atoms with Crippen LogP contribution in [0.4, 0.5) is 0 Å². The molecule has 0 aromatic carbocycles.